The van der Waals surface area contributed by atoms with E-state index in [9.17, 15) is 0 Å². The number of likely N-dealkylation sites (tertiary alicyclic amines) is 1. The second kappa shape index (κ2) is 7.79. The Kier molecular flexibility index (Phi) is 6.35. The van der Waals surface area contributed by atoms with Crippen molar-refractivity contribution < 1.29 is 0 Å². The van der Waals surface area contributed by atoms with Gasteiger partial charge < -0.3 is 10.2 Å². The first-order chi connectivity index (χ1) is 9.61. The maximum Gasteiger partial charge on any atom is 0.0112 e. The molecule has 0 aromatic heterocycles. The Bertz CT molecular complexity index is 279. The Hall–Kier alpha value is -0.0800. The van der Waals surface area contributed by atoms with Gasteiger partial charge in [-0.3, -0.25) is 0 Å². The lowest BCUT2D eigenvalue weighted by Gasteiger charge is -2.43. The summed E-state index contributed by atoms with van der Waals surface area (Å²) in [6.07, 6.45) is 8.50. The third kappa shape index (κ3) is 4.21. The topological polar surface area (TPSA) is 15.3 Å². The van der Waals surface area contributed by atoms with Gasteiger partial charge in [0.05, 0.1) is 0 Å². The van der Waals surface area contributed by atoms with Gasteiger partial charge in [0, 0.05) is 18.6 Å². The predicted molar refractivity (Wildman–Crippen MR) is 88.0 cm³/mol. The van der Waals surface area contributed by atoms with Gasteiger partial charge in [0.1, 0.15) is 0 Å². The molecule has 2 rings (SSSR count). The molecule has 0 bridgehead atoms. The molecule has 0 amide bonds. The molecule has 0 radical (unpaired) electrons. The molecule has 1 saturated carbocycles. The minimum Gasteiger partial charge on any atom is -0.314 e. The molecule has 1 N–H and O–H groups in total. The van der Waals surface area contributed by atoms with E-state index in [4.69, 9.17) is 0 Å². The zero-order chi connectivity index (χ0) is 14.5. The summed E-state index contributed by atoms with van der Waals surface area (Å²) in [5.74, 6) is 2.62. The van der Waals surface area contributed by atoms with E-state index in [1.165, 1.54) is 51.6 Å². The maximum atomic E-state index is 3.79. The van der Waals surface area contributed by atoms with E-state index in [0.29, 0.717) is 0 Å². The van der Waals surface area contributed by atoms with Crippen molar-refractivity contribution in [3.05, 3.63) is 0 Å². The Morgan fingerprint density at radius 1 is 1.05 bits per heavy atom. The van der Waals surface area contributed by atoms with Crippen LogP contribution >= 0.6 is 0 Å². The van der Waals surface area contributed by atoms with Crippen LogP contribution in [-0.2, 0) is 0 Å². The van der Waals surface area contributed by atoms with Crippen molar-refractivity contribution in [3.8, 4) is 0 Å². The molecule has 1 saturated heterocycles. The van der Waals surface area contributed by atoms with Crippen LogP contribution in [0.1, 0.15) is 66.2 Å². The molecule has 0 spiro atoms. The van der Waals surface area contributed by atoms with Crippen LogP contribution in [0.4, 0.5) is 0 Å². The van der Waals surface area contributed by atoms with Gasteiger partial charge in [-0.25, -0.2) is 0 Å². The van der Waals surface area contributed by atoms with E-state index in [1.807, 2.05) is 0 Å². The third-order valence-electron chi connectivity index (χ3n) is 5.78. The second-order valence-corrected chi connectivity index (χ2v) is 7.58. The minimum absolute atomic E-state index is 0.745. The van der Waals surface area contributed by atoms with Crippen LogP contribution in [-0.4, -0.2) is 36.6 Å². The fourth-order valence-corrected chi connectivity index (χ4v) is 4.59. The summed E-state index contributed by atoms with van der Waals surface area (Å²) in [6.45, 7) is 13.4. The van der Waals surface area contributed by atoms with Crippen molar-refractivity contribution in [1.82, 2.24) is 10.2 Å². The summed E-state index contributed by atoms with van der Waals surface area (Å²) < 4.78 is 0. The summed E-state index contributed by atoms with van der Waals surface area (Å²) in [7, 11) is 0. The van der Waals surface area contributed by atoms with Crippen LogP contribution in [0.3, 0.4) is 0 Å². The van der Waals surface area contributed by atoms with E-state index in [1.54, 1.807) is 0 Å². The lowest BCUT2D eigenvalue weighted by Crippen LogP contribution is -2.50. The fourth-order valence-electron chi connectivity index (χ4n) is 4.59. The molecule has 0 aromatic carbocycles. The van der Waals surface area contributed by atoms with Gasteiger partial charge in [-0.1, -0.05) is 33.6 Å². The minimum atomic E-state index is 0.745. The third-order valence-corrected chi connectivity index (χ3v) is 5.78. The maximum absolute atomic E-state index is 3.79. The molecule has 1 aliphatic carbocycles. The van der Waals surface area contributed by atoms with Crippen molar-refractivity contribution >= 4 is 0 Å². The lowest BCUT2D eigenvalue weighted by molar-refractivity contribution is 0.0854. The first kappa shape index (κ1) is 16.3. The van der Waals surface area contributed by atoms with Crippen LogP contribution in [0.25, 0.3) is 0 Å². The SMILES string of the molecule is CCNC1CC(C)CC(C)C1CN1CCCCCC1C. The highest BCUT2D eigenvalue weighted by Gasteiger charge is 2.35. The zero-order valence-electron chi connectivity index (χ0n) is 14.2. The van der Waals surface area contributed by atoms with Crippen LogP contribution in [0.15, 0.2) is 0 Å². The summed E-state index contributed by atoms with van der Waals surface area (Å²) in [4.78, 5) is 2.80. The van der Waals surface area contributed by atoms with Gasteiger partial charge in [-0.05, 0) is 63.5 Å². The molecular weight excluding hydrogens is 244 g/mol. The quantitative estimate of drug-likeness (QED) is 0.840. The highest BCUT2D eigenvalue weighted by atomic mass is 15.2. The first-order valence-corrected chi connectivity index (χ1v) is 9.09. The summed E-state index contributed by atoms with van der Waals surface area (Å²) >= 11 is 0. The Labute approximate surface area is 126 Å². The number of nitrogens with zero attached hydrogens (tertiary/aromatic N) is 1. The van der Waals surface area contributed by atoms with Gasteiger partial charge in [0.25, 0.3) is 0 Å². The number of hydrogen-bond donors (Lipinski definition) is 1. The normalized spacial score (nSPS) is 40.5. The second-order valence-electron chi connectivity index (χ2n) is 7.58. The molecule has 2 nitrogen and oxygen atoms in total. The molecule has 2 fully saturated rings. The molecule has 1 aliphatic heterocycles. The standard InChI is InChI=1S/C18H36N2/c1-5-19-18-12-14(2)11-15(3)17(18)13-20-10-8-6-7-9-16(20)4/h14-19H,5-13H2,1-4H3. The lowest BCUT2D eigenvalue weighted by atomic mass is 9.72. The number of nitrogens with one attached hydrogen (secondary N) is 1. The van der Waals surface area contributed by atoms with E-state index >= 15 is 0 Å². The van der Waals surface area contributed by atoms with Crippen molar-refractivity contribution in [2.24, 2.45) is 17.8 Å². The smallest absolute Gasteiger partial charge is 0.0112 e. The molecule has 2 aliphatic rings. The van der Waals surface area contributed by atoms with Crippen LogP contribution in [0, 0.1) is 17.8 Å². The largest absolute Gasteiger partial charge is 0.314 e. The van der Waals surface area contributed by atoms with Crippen molar-refractivity contribution in [2.75, 3.05) is 19.6 Å². The van der Waals surface area contributed by atoms with Gasteiger partial charge in [-0.15, -0.1) is 0 Å². The van der Waals surface area contributed by atoms with Crippen LogP contribution < -0.4 is 5.32 Å². The van der Waals surface area contributed by atoms with Gasteiger partial charge >= 0.3 is 0 Å². The average molecular weight is 280 g/mol. The number of rotatable bonds is 4. The summed E-state index contributed by atoms with van der Waals surface area (Å²) in [5, 5.41) is 3.79. The molecule has 118 valence electrons. The monoisotopic (exact) mass is 280 g/mol. The van der Waals surface area contributed by atoms with Crippen LogP contribution in [0.2, 0.25) is 0 Å². The molecular formula is C18H36N2. The highest BCUT2D eigenvalue weighted by molar-refractivity contribution is 4.90. The van der Waals surface area contributed by atoms with Crippen molar-refractivity contribution in [3.63, 3.8) is 0 Å². The Balaban J connectivity index is 1.99. The fraction of sp³-hybridized carbons (Fsp3) is 1.00. The molecule has 0 aromatic rings. The molecule has 20 heavy (non-hydrogen) atoms. The summed E-state index contributed by atoms with van der Waals surface area (Å²) in [6, 6.07) is 1.54. The van der Waals surface area contributed by atoms with Gasteiger partial charge in [-0.2, -0.15) is 0 Å². The van der Waals surface area contributed by atoms with E-state index in [0.717, 1.165) is 36.4 Å². The number of hydrogen-bond acceptors (Lipinski definition) is 2. The Morgan fingerprint density at radius 3 is 2.60 bits per heavy atom. The van der Waals surface area contributed by atoms with E-state index in [2.05, 4.69) is 37.9 Å². The zero-order valence-corrected chi connectivity index (χ0v) is 14.2. The van der Waals surface area contributed by atoms with Crippen molar-refractivity contribution in [2.45, 2.75) is 78.3 Å². The van der Waals surface area contributed by atoms with Crippen LogP contribution in [0.5, 0.6) is 0 Å². The molecule has 5 atom stereocenters. The molecule has 5 unspecified atom stereocenters. The van der Waals surface area contributed by atoms with Gasteiger partial charge in [0.15, 0.2) is 0 Å². The Morgan fingerprint density at radius 2 is 1.85 bits per heavy atom. The van der Waals surface area contributed by atoms with E-state index < -0.39 is 0 Å². The molecule has 2 heteroatoms. The average Bonchev–Trinajstić information content (AvgIpc) is 2.59. The predicted octanol–water partition coefficient (Wildman–Crippen LogP) is 3.91. The van der Waals surface area contributed by atoms with Crippen molar-refractivity contribution in [1.29, 1.82) is 0 Å². The van der Waals surface area contributed by atoms with Gasteiger partial charge in [0.2, 0.25) is 0 Å². The van der Waals surface area contributed by atoms with E-state index in [-0.39, 0.29) is 0 Å². The highest BCUT2D eigenvalue weighted by Crippen LogP contribution is 2.35. The first-order valence-electron chi connectivity index (χ1n) is 9.09. The summed E-state index contributed by atoms with van der Waals surface area (Å²) in [5.41, 5.74) is 0. The molecule has 1 heterocycles.